The average Bonchev–Trinajstić information content (AvgIpc) is 2.42. The van der Waals surface area contributed by atoms with Crippen molar-refractivity contribution >= 4 is 33.2 Å². The van der Waals surface area contributed by atoms with Gasteiger partial charge in [0.1, 0.15) is 5.82 Å². The zero-order chi connectivity index (χ0) is 14.9. The summed E-state index contributed by atoms with van der Waals surface area (Å²) in [5, 5.41) is 2.74. The van der Waals surface area contributed by atoms with E-state index in [2.05, 4.69) is 21.2 Å². The van der Waals surface area contributed by atoms with E-state index in [1.165, 1.54) is 12.1 Å². The van der Waals surface area contributed by atoms with Gasteiger partial charge in [0.15, 0.2) is 0 Å². The van der Waals surface area contributed by atoms with Crippen LogP contribution in [0.2, 0.25) is 0 Å². The third kappa shape index (κ3) is 2.82. The molecule has 0 unspecified atom stereocenters. The minimum Gasteiger partial charge on any atom is -0.397 e. The van der Waals surface area contributed by atoms with Crippen molar-refractivity contribution in [3.63, 3.8) is 0 Å². The maximum Gasteiger partial charge on any atom is 0.255 e. The summed E-state index contributed by atoms with van der Waals surface area (Å²) in [5.74, 6) is -0.872. The van der Waals surface area contributed by atoms with E-state index >= 15 is 0 Å². The van der Waals surface area contributed by atoms with Gasteiger partial charge in [0.05, 0.1) is 15.8 Å². The Morgan fingerprint density at radius 3 is 2.60 bits per heavy atom. The molecule has 0 aromatic heterocycles. The molecule has 2 aromatic rings. The van der Waals surface area contributed by atoms with Gasteiger partial charge >= 0.3 is 0 Å². The van der Waals surface area contributed by atoms with E-state index in [0.29, 0.717) is 15.8 Å². The highest BCUT2D eigenvalue weighted by Gasteiger charge is 2.13. The summed E-state index contributed by atoms with van der Waals surface area (Å²) in [6.07, 6.45) is 0. The summed E-state index contributed by atoms with van der Waals surface area (Å²) in [6.45, 7) is 3.81. The van der Waals surface area contributed by atoms with Crippen molar-refractivity contribution in [3.05, 3.63) is 57.3 Å². The molecular formula is C15H14BrFN2O. The maximum absolute atomic E-state index is 13.4. The van der Waals surface area contributed by atoms with E-state index in [1.54, 1.807) is 12.1 Å². The summed E-state index contributed by atoms with van der Waals surface area (Å²) < 4.78 is 13.8. The molecule has 3 N–H and O–H groups in total. The third-order valence-corrected chi connectivity index (χ3v) is 3.83. The highest BCUT2D eigenvalue weighted by molar-refractivity contribution is 9.10. The molecule has 0 fully saturated rings. The van der Waals surface area contributed by atoms with Gasteiger partial charge in [-0.25, -0.2) is 4.39 Å². The van der Waals surface area contributed by atoms with Crippen LogP contribution in [0.15, 0.2) is 34.8 Å². The molecule has 5 heteroatoms. The standard InChI is InChI=1S/C15H14BrFN2O/c1-8-3-6-13(18)14(9(8)2)19-15(20)10-4-5-11(16)12(17)7-10/h3-7H,18H2,1-2H3,(H,19,20). The minimum absolute atomic E-state index is 0.242. The molecule has 0 saturated carbocycles. The molecule has 1 amide bonds. The van der Waals surface area contributed by atoms with Crippen LogP contribution in [0, 0.1) is 19.7 Å². The Kier molecular flexibility index (Phi) is 4.09. The fourth-order valence-corrected chi connectivity index (χ4v) is 2.07. The molecule has 0 radical (unpaired) electrons. The largest absolute Gasteiger partial charge is 0.397 e. The van der Waals surface area contributed by atoms with Crippen LogP contribution in [0.1, 0.15) is 21.5 Å². The van der Waals surface area contributed by atoms with Crippen molar-refractivity contribution in [3.8, 4) is 0 Å². The van der Waals surface area contributed by atoms with Crippen LogP contribution < -0.4 is 11.1 Å². The Morgan fingerprint density at radius 1 is 1.25 bits per heavy atom. The van der Waals surface area contributed by atoms with Gasteiger partial charge in [-0.05, 0) is 65.2 Å². The average molecular weight is 337 g/mol. The molecule has 104 valence electrons. The first-order valence-electron chi connectivity index (χ1n) is 6.02. The monoisotopic (exact) mass is 336 g/mol. The first-order chi connectivity index (χ1) is 9.40. The minimum atomic E-state index is -0.480. The predicted molar refractivity (Wildman–Crippen MR) is 82.4 cm³/mol. The number of anilines is 2. The third-order valence-electron chi connectivity index (χ3n) is 3.19. The Balaban J connectivity index is 2.32. The highest BCUT2D eigenvalue weighted by Crippen LogP contribution is 2.26. The van der Waals surface area contributed by atoms with Crippen LogP contribution in [0.25, 0.3) is 0 Å². The van der Waals surface area contributed by atoms with Gasteiger partial charge in [-0.1, -0.05) is 6.07 Å². The first kappa shape index (κ1) is 14.5. The molecule has 2 rings (SSSR count). The number of benzene rings is 2. The van der Waals surface area contributed by atoms with Gasteiger partial charge in [-0.15, -0.1) is 0 Å². The van der Waals surface area contributed by atoms with E-state index in [9.17, 15) is 9.18 Å². The van der Waals surface area contributed by atoms with Crippen LogP contribution in [0.4, 0.5) is 15.8 Å². The van der Waals surface area contributed by atoms with Crippen molar-refractivity contribution in [1.29, 1.82) is 0 Å². The number of nitrogen functional groups attached to an aromatic ring is 1. The van der Waals surface area contributed by atoms with Crippen LogP contribution in [0.5, 0.6) is 0 Å². The topological polar surface area (TPSA) is 55.1 Å². The van der Waals surface area contributed by atoms with Crippen LogP contribution >= 0.6 is 15.9 Å². The molecule has 0 atom stereocenters. The molecule has 3 nitrogen and oxygen atoms in total. The Bertz CT molecular complexity index is 686. The normalized spacial score (nSPS) is 10.4. The predicted octanol–water partition coefficient (Wildman–Crippen LogP) is 4.04. The Hall–Kier alpha value is -1.88. The number of nitrogens with two attached hydrogens (primary N) is 1. The molecule has 0 aliphatic rings. The maximum atomic E-state index is 13.4. The number of rotatable bonds is 2. The molecule has 0 saturated heterocycles. The van der Waals surface area contributed by atoms with Crippen LogP contribution in [-0.2, 0) is 0 Å². The van der Waals surface area contributed by atoms with E-state index in [-0.39, 0.29) is 5.56 Å². The van der Waals surface area contributed by atoms with E-state index in [4.69, 9.17) is 5.73 Å². The quantitative estimate of drug-likeness (QED) is 0.813. The molecule has 2 aromatic carbocycles. The number of amides is 1. The second kappa shape index (κ2) is 5.63. The molecular weight excluding hydrogens is 323 g/mol. The fraction of sp³-hybridized carbons (Fsp3) is 0.133. The highest BCUT2D eigenvalue weighted by atomic mass is 79.9. The Morgan fingerprint density at radius 2 is 1.95 bits per heavy atom. The van der Waals surface area contributed by atoms with E-state index in [1.807, 2.05) is 19.9 Å². The summed E-state index contributed by atoms with van der Waals surface area (Å²) in [7, 11) is 0. The number of hydrogen-bond donors (Lipinski definition) is 2. The van der Waals surface area contributed by atoms with Gasteiger partial charge in [0.2, 0.25) is 0 Å². The summed E-state index contributed by atoms with van der Waals surface area (Å²) in [4.78, 5) is 12.1. The van der Waals surface area contributed by atoms with E-state index < -0.39 is 11.7 Å². The number of nitrogens with one attached hydrogen (secondary N) is 1. The van der Waals surface area contributed by atoms with Crippen molar-refractivity contribution in [2.24, 2.45) is 0 Å². The number of halogens is 2. The van der Waals surface area contributed by atoms with Crippen LogP contribution in [-0.4, -0.2) is 5.91 Å². The van der Waals surface area contributed by atoms with Gasteiger partial charge in [-0.3, -0.25) is 4.79 Å². The molecule has 0 aliphatic heterocycles. The lowest BCUT2D eigenvalue weighted by atomic mass is 10.1. The molecule has 20 heavy (non-hydrogen) atoms. The molecule has 0 spiro atoms. The molecule has 0 aliphatic carbocycles. The molecule has 0 heterocycles. The lowest BCUT2D eigenvalue weighted by Crippen LogP contribution is -2.15. The van der Waals surface area contributed by atoms with E-state index in [0.717, 1.165) is 11.1 Å². The number of aryl methyl sites for hydroxylation is 1. The number of carbonyl (C=O) groups is 1. The van der Waals surface area contributed by atoms with Crippen molar-refractivity contribution in [1.82, 2.24) is 0 Å². The summed E-state index contributed by atoms with van der Waals surface area (Å²) >= 11 is 3.05. The van der Waals surface area contributed by atoms with Gasteiger partial charge in [-0.2, -0.15) is 0 Å². The smallest absolute Gasteiger partial charge is 0.255 e. The lowest BCUT2D eigenvalue weighted by molar-refractivity contribution is 0.102. The van der Waals surface area contributed by atoms with Gasteiger partial charge < -0.3 is 11.1 Å². The summed E-state index contributed by atoms with van der Waals surface area (Å²) in [6, 6.07) is 7.85. The van der Waals surface area contributed by atoms with Crippen LogP contribution in [0.3, 0.4) is 0 Å². The van der Waals surface area contributed by atoms with Gasteiger partial charge in [0, 0.05) is 5.56 Å². The first-order valence-corrected chi connectivity index (χ1v) is 6.81. The van der Waals surface area contributed by atoms with Crippen molar-refractivity contribution < 1.29 is 9.18 Å². The van der Waals surface area contributed by atoms with Crippen molar-refractivity contribution in [2.75, 3.05) is 11.1 Å². The zero-order valence-corrected chi connectivity index (χ0v) is 12.7. The Labute approximate surface area is 125 Å². The molecule has 0 bridgehead atoms. The second-order valence-electron chi connectivity index (χ2n) is 4.55. The zero-order valence-electron chi connectivity index (χ0n) is 11.1. The summed E-state index contributed by atoms with van der Waals surface area (Å²) in [5.41, 5.74) is 9.09. The van der Waals surface area contributed by atoms with Crippen molar-refractivity contribution in [2.45, 2.75) is 13.8 Å². The number of hydrogen-bond acceptors (Lipinski definition) is 2. The second-order valence-corrected chi connectivity index (χ2v) is 5.41. The van der Waals surface area contributed by atoms with Gasteiger partial charge in [0.25, 0.3) is 5.91 Å². The number of carbonyl (C=O) groups excluding carboxylic acids is 1. The fourth-order valence-electron chi connectivity index (χ4n) is 1.83. The SMILES string of the molecule is Cc1ccc(N)c(NC(=O)c2ccc(Br)c(F)c2)c1C. The lowest BCUT2D eigenvalue weighted by Gasteiger charge is -2.13.